The molecule has 1 amide bonds. The van der Waals surface area contributed by atoms with Gasteiger partial charge >= 0.3 is 0 Å². The number of nitrogens with one attached hydrogen (secondary N) is 2. The summed E-state index contributed by atoms with van der Waals surface area (Å²) in [6, 6.07) is 12.5. The summed E-state index contributed by atoms with van der Waals surface area (Å²) in [5, 5.41) is 7.77. The van der Waals surface area contributed by atoms with E-state index in [1.807, 2.05) is 24.3 Å². The molecule has 0 unspecified atom stereocenters. The number of rotatable bonds is 5. The van der Waals surface area contributed by atoms with E-state index in [0.717, 1.165) is 23.1 Å². The quantitative estimate of drug-likeness (QED) is 0.653. The Bertz CT molecular complexity index is 1200. The summed E-state index contributed by atoms with van der Waals surface area (Å²) in [4.78, 5) is 13.0. The highest BCUT2D eigenvalue weighted by Gasteiger charge is 2.40. The first-order valence-electron chi connectivity index (χ1n) is 10.4. The number of nitrogens with zero attached hydrogens (tertiary/aromatic N) is 1. The van der Waals surface area contributed by atoms with Crippen LogP contribution in [0.4, 0.5) is 5.69 Å². The molecule has 2 aliphatic carbocycles. The zero-order chi connectivity index (χ0) is 20.9. The summed E-state index contributed by atoms with van der Waals surface area (Å²) in [5.74, 6) is 1.08. The van der Waals surface area contributed by atoms with Gasteiger partial charge in [0.15, 0.2) is 0 Å². The minimum absolute atomic E-state index is 0.0888. The standard InChI is InChI=1S/C23H25N3O3S/c1-24-20-9-8-17(23(27)25-21-11-15-6-7-16(21)10-15)12-22(20)30(28,29)26-13-18-4-2-3-5-19(18)14-26/h2-5,8-9,12-16,21,24H,6-7,10-11H2,1H3,(H,25,27)/t15-,16+,21+/m0/s1. The van der Waals surface area contributed by atoms with Crippen LogP contribution in [-0.4, -0.2) is 31.4 Å². The first-order valence-corrected chi connectivity index (χ1v) is 11.8. The highest BCUT2D eigenvalue weighted by Crippen LogP contribution is 2.44. The van der Waals surface area contributed by atoms with Crippen LogP contribution in [0, 0.1) is 11.8 Å². The smallest absolute Gasteiger partial charge is 0.269 e. The number of carbonyl (C=O) groups is 1. The van der Waals surface area contributed by atoms with Crippen molar-refractivity contribution in [2.75, 3.05) is 12.4 Å². The summed E-state index contributed by atoms with van der Waals surface area (Å²) < 4.78 is 28.0. The molecule has 0 radical (unpaired) electrons. The highest BCUT2D eigenvalue weighted by molar-refractivity contribution is 7.90. The Morgan fingerprint density at radius 3 is 2.37 bits per heavy atom. The van der Waals surface area contributed by atoms with Gasteiger partial charge < -0.3 is 10.6 Å². The Balaban J connectivity index is 1.48. The Kier molecular flexibility index (Phi) is 4.58. The van der Waals surface area contributed by atoms with Crippen LogP contribution in [0.15, 0.2) is 59.8 Å². The van der Waals surface area contributed by atoms with Gasteiger partial charge in [-0.15, -0.1) is 0 Å². The fraction of sp³-hybridized carbons (Fsp3) is 0.348. The number of anilines is 1. The van der Waals surface area contributed by atoms with Crippen molar-refractivity contribution < 1.29 is 13.2 Å². The van der Waals surface area contributed by atoms with Gasteiger partial charge in [-0.2, -0.15) is 0 Å². The van der Waals surface area contributed by atoms with E-state index in [9.17, 15) is 13.2 Å². The van der Waals surface area contributed by atoms with Gasteiger partial charge in [-0.1, -0.05) is 30.7 Å². The van der Waals surface area contributed by atoms with Gasteiger partial charge in [-0.25, -0.2) is 12.4 Å². The van der Waals surface area contributed by atoms with E-state index in [4.69, 9.17) is 0 Å². The van der Waals surface area contributed by atoms with Crippen LogP contribution in [0.1, 0.15) is 36.0 Å². The zero-order valence-electron chi connectivity index (χ0n) is 16.8. The van der Waals surface area contributed by atoms with Crippen LogP contribution in [0.2, 0.25) is 0 Å². The SMILES string of the molecule is CNc1ccc(C(=O)N[C@@H]2C[C@H]3CC[C@@H]2C3)cc1S(=O)(=O)n1cc2ccccc2c1. The molecular formula is C23H25N3O3S. The largest absolute Gasteiger partial charge is 0.387 e. The number of aromatic nitrogens is 1. The van der Waals surface area contributed by atoms with Crippen molar-refractivity contribution in [1.82, 2.24) is 9.29 Å². The minimum atomic E-state index is -3.86. The predicted octanol–water partition coefficient (Wildman–Crippen LogP) is 3.84. The van der Waals surface area contributed by atoms with E-state index in [-0.39, 0.29) is 16.8 Å². The number of amides is 1. The van der Waals surface area contributed by atoms with Crippen molar-refractivity contribution in [2.45, 2.75) is 36.6 Å². The summed E-state index contributed by atoms with van der Waals surface area (Å²) in [7, 11) is -2.18. The molecule has 2 N–H and O–H groups in total. The van der Waals surface area contributed by atoms with Crippen molar-refractivity contribution in [1.29, 1.82) is 0 Å². The molecule has 0 aliphatic heterocycles. The van der Waals surface area contributed by atoms with Crippen molar-refractivity contribution in [3.8, 4) is 0 Å². The molecule has 6 nitrogen and oxygen atoms in total. The molecule has 3 atom stereocenters. The van der Waals surface area contributed by atoms with Crippen molar-refractivity contribution in [3.63, 3.8) is 0 Å². The van der Waals surface area contributed by atoms with Crippen LogP contribution in [0.3, 0.4) is 0 Å². The van der Waals surface area contributed by atoms with Gasteiger partial charge in [0.25, 0.3) is 15.9 Å². The summed E-state index contributed by atoms with van der Waals surface area (Å²) in [6.45, 7) is 0. The molecule has 2 bridgehead atoms. The van der Waals surface area contributed by atoms with Gasteiger partial charge in [0.05, 0.1) is 5.69 Å². The van der Waals surface area contributed by atoms with Crippen molar-refractivity contribution in [3.05, 3.63) is 60.4 Å². The highest BCUT2D eigenvalue weighted by atomic mass is 32.2. The van der Waals surface area contributed by atoms with Gasteiger partial charge in [0.1, 0.15) is 4.90 Å². The first-order chi connectivity index (χ1) is 14.5. The first kappa shape index (κ1) is 19.2. The number of carbonyl (C=O) groups excluding carboxylic acids is 1. The van der Waals surface area contributed by atoms with Crippen LogP contribution in [-0.2, 0) is 10.0 Å². The monoisotopic (exact) mass is 423 g/mol. The lowest BCUT2D eigenvalue weighted by Crippen LogP contribution is -2.38. The van der Waals surface area contributed by atoms with Crippen LogP contribution >= 0.6 is 0 Å². The zero-order valence-corrected chi connectivity index (χ0v) is 17.7. The molecule has 1 aromatic heterocycles. The molecule has 0 spiro atoms. The van der Waals surface area contributed by atoms with E-state index in [2.05, 4.69) is 10.6 Å². The second-order valence-electron chi connectivity index (χ2n) is 8.44. The normalized spacial score (nSPS) is 23.0. The van der Waals surface area contributed by atoms with E-state index in [0.29, 0.717) is 17.2 Å². The minimum Gasteiger partial charge on any atom is -0.387 e. The van der Waals surface area contributed by atoms with Crippen molar-refractivity contribution in [2.24, 2.45) is 11.8 Å². The Hall–Kier alpha value is -2.80. The molecule has 1 heterocycles. The molecule has 0 saturated heterocycles. The lowest BCUT2D eigenvalue weighted by atomic mass is 9.95. The maximum Gasteiger partial charge on any atom is 0.269 e. The van der Waals surface area contributed by atoms with Crippen LogP contribution < -0.4 is 10.6 Å². The molecule has 2 aliphatic rings. The second kappa shape index (κ2) is 7.16. The van der Waals surface area contributed by atoms with E-state index >= 15 is 0 Å². The molecule has 5 rings (SSSR count). The van der Waals surface area contributed by atoms with Crippen molar-refractivity contribution >= 4 is 32.4 Å². The maximum absolute atomic E-state index is 13.4. The van der Waals surface area contributed by atoms with E-state index < -0.39 is 10.0 Å². The molecule has 2 fully saturated rings. The summed E-state index contributed by atoms with van der Waals surface area (Å²) in [6.07, 6.45) is 7.88. The van der Waals surface area contributed by atoms with Gasteiger partial charge in [-0.05, 0) is 49.3 Å². The lowest BCUT2D eigenvalue weighted by molar-refractivity contribution is 0.0922. The van der Waals surface area contributed by atoms with Gasteiger partial charge in [0.2, 0.25) is 0 Å². The molecule has 30 heavy (non-hydrogen) atoms. The van der Waals surface area contributed by atoms with Crippen LogP contribution in [0.5, 0.6) is 0 Å². The van der Waals surface area contributed by atoms with Gasteiger partial charge in [0, 0.05) is 41.8 Å². The lowest BCUT2D eigenvalue weighted by Gasteiger charge is -2.23. The average Bonchev–Trinajstić information content (AvgIpc) is 3.48. The third kappa shape index (κ3) is 3.17. The molecule has 2 aromatic carbocycles. The number of benzene rings is 2. The summed E-state index contributed by atoms with van der Waals surface area (Å²) >= 11 is 0. The topological polar surface area (TPSA) is 80.2 Å². The number of fused-ring (bicyclic) bond motifs is 3. The second-order valence-corrected chi connectivity index (χ2v) is 10.2. The third-order valence-corrected chi connectivity index (χ3v) is 8.31. The predicted molar refractivity (Wildman–Crippen MR) is 117 cm³/mol. The van der Waals surface area contributed by atoms with Crippen LogP contribution in [0.25, 0.3) is 10.8 Å². The van der Waals surface area contributed by atoms with E-state index in [1.165, 1.54) is 29.3 Å². The average molecular weight is 424 g/mol. The number of hydrogen-bond acceptors (Lipinski definition) is 4. The Labute approximate surface area is 176 Å². The number of hydrogen-bond donors (Lipinski definition) is 2. The Morgan fingerprint density at radius 2 is 1.77 bits per heavy atom. The molecule has 7 heteroatoms. The maximum atomic E-state index is 13.4. The summed E-state index contributed by atoms with van der Waals surface area (Å²) in [5.41, 5.74) is 0.830. The fourth-order valence-corrected chi connectivity index (χ4v) is 6.52. The Morgan fingerprint density at radius 1 is 1.03 bits per heavy atom. The molecule has 3 aromatic rings. The van der Waals surface area contributed by atoms with E-state index in [1.54, 1.807) is 31.6 Å². The molecule has 156 valence electrons. The third-order valence-electron chi connectivity index (χ3n) is 6.65. The molecular weight excluding hydrogens is 398 g/mol. The fourth-order valence-electron chi connectivity index (χ4n) is 5.07. The van der Waals surface area contributed by atoms with Gasteiger partial charge in [-0.3, -0.25) is 4.79 Å². The molecule has 2 saturated carbocycles.